The molecule has 4 rings (SSSR count). The second kappa shape index (κ2) is 9.77. The second-order valence-electron chi connectivity index (χ2n) is 8.53. The number of ether oxygens (including phenoxy) is 1. The van der Waals surface area contributed by atoms with E-state index in [0.29, 0.717) is 29.4 Å². The van der Waals surface area contributed by atoms with E-state index in [4.69, 9.17) is 16.3 Å². The molecule has 2 fully saturated rings. The first-order valence-electron chi connectivity index (χ1n) is 11.2. The molecule has 0 radical (unpaired) electrons. The van der Waals surface area contributed by atoms with E-state index in [1.807, 2.05) is 29.1 Å². The van der Waals surface area contributed by atoms with Gasteiger partial charge in [0.1, 0.15) is 5.75 Å². The lowest BCUT2D eigenvalue weighted by molar-refractivity contribution is -0.127. The van der Waals surface area contributed by atoms with E-state index < -0.39 is 0 Å². The first kappa shape index (κ1) is 21.8. The van der Waals surface area contributed by atoms with Crippen LogP contribution in [0.1, 0.15) is 55.3 Å². The van der Waals surface area contributed by atoms with Crippen LogP contribution >= 0.6 is 11.6 Å². The topological polar surface area (TPSA) is 63.6 Å². The maximum atomic E-state index is 13.3. The first-order valence-corrected chi connectivity index (χ1v) is 11.5. The summed E-state index contributed by atoms with van der Waals surface area (Å²) in [5.41, 5.74) is 1.18. The quantitative estimate of drug-likeness (QED) is 0.742. The van der Waals surface area contributed by atoms with Crippen molar-refractivity contribution in [2.75, 3.05) is 20.2 Å². The van der Waals surface area contributed by atoms with Crippen molar-refractivity contribution in [2.45, 2.75) is 51.0 Å². The number of rotatable bonds is 5. The molecule has 1 aromatic heterocycles. The molecule has 1 saturated carbocycles. The molecular formula is C24H30ClN3O3. The number of methoxy groups -OCH3 is 1. The van der Waals surface area contributed by atoms with Crippen molar-refractivity contribution in [3.8, 4) is 11.4 Å². The highest BCUT2D eigenvalue weighted by Gasteiger charge is 2.31. The van der Waals surface area contributed by atoms with Gasteiger partial charge in [-0.3, -0.25) is 9.59 Å². The van der Waals surface area contributed by atoms with Crippen LogP contribution in [0.4, 0.5) is 0 Å². The van der Waals surface area contributed by atoms with Gasteiger partial charge in [-0.25, -0.2) is 0 Å². The number of benzene rings is 1. The second-order valence-corrected chi connectivity index (χ2v) is 8.94. The summed E-state index contributed by atoms with van der Waals surface area (Å²) in [4.78, 5) is 27.9. The minimum atomic E-state index is -0.166. The summed E-state index contributed by atoms with van der Waals surface area (Å²) in [7, 11) is 1.55. The number of hydrogen-bond acceptors (Lipinski definition) is 3. The molecular weight excluding hydrogens is 414 g/mol. The number of halogens is 1. The molecule has 0 spiro atoms. The Morgan fingerprint density at radius 1 is 1.06 bits per heavy atom. The van der Waals surface area contributed by atoms with Crippen LogP contribution in [0.15, 0.2) is 36.7 Å². The number of likely N-dealkylation sites (tertiary alicyclic amines) is 1. The molecule has 1 aliphatic carbocycles. The number of piperidine rings is 1. The maximum absolute atomic E-state index is 13.3. The molecule has 7 heteroatoms. The Morgan fingerprint density at radius 2 is 1.81 bits per heavy atom. The largest absolute Gasteiger partial charge is 0.496 e. The fourth-order valence-electron chi connectivity index (χ4n) is 4.68. The van der Waals surface area contributed by atoms with E-state index in [1.165, 1.54) is 19.3 Å². The lowest BCUT2D eigenvalue weighted by Crippen LogP contribution is -2.48. The molecule has 2 aromatic rings. The average molecular weight is 444 g/mol. The Hall–Kier alpha value is -2.47. The average Bonchev–Trinajstić information content (AvgIpc) is 3.34. The van der Waals surface area contributed by atoms with Gasteiger partial charge >= 0.3 is 0 Å². The number of carbonyl (C=O) groups is 2. The zero-order valence-corrected chi connectivity index (χ0v) is 18.7. The van der Waals surface area contributed by atoms with Gasteiger partial charge in [-0.05, 0) is 43.9 Å². The summed E-state index contributed by atoms with van der Waals surface area (Å²) in [6.07, 6.45) is 11.1. The standard InChI is InChI=1S/C24H30ClN3O3/c1-31-22-15-21(27-11-5-6-12-27)20(25)14-19(22)24(30)28-13-7-8-17(16-28)23(29)26-18-9-3-2-4-10-18/h5-6,11-12,14-15,17-18H,2-4,7-10,13,16H2,1H3,(H,26,29). The van der Waals surface area contributed by atoms with E-state index in [2.05, 4.69) is 5.32 Å². The van der Waals surface area contributed by atoms with Gasteiger partial charge in [0, 0.05) is 37.6 Å². The van der Waals surface area contributed by atoms with Gasteiger partial charge in [0.05, 0.1) is 29.3 Å². The van der Waals surface area contributed by atoms with E-state index >= 15 is 0 Å². The predicted octanol–water partition coefficient (Wildman–Crippen LogP) is 4.44. The van der Waals surface area contributed by atoms with Crippen molar-refractivity contribution in [3.63, 3.8) is 0 Å². The smallest absolute Gasteiger partial charge is 0.257 e. The van der Waals surface area contributed by atoms with Gasteiger partial charge in [-0.2, -0.15) is 0 Å². The molecule has 1 N–H and O–H groups in total. The van der Waals surface area contributed by atoms with Crippen LogP contribution in [-0.2, 0) is 4.79 Å². The molecule has 1 unspecified atom stereocenters. The Balaban J connectivity index is 1.48. The summed E-state index contributed by atoms with van der Waals surface area (Å²) >= 11 is 6.51. The van der Waals surface area contributed by atoms with E-state index in [0.717, 1.165) is 31.4 Å². The normalized spacial score (nSPS) is 19.8. The lowest BCUT2D eigenvalue weighted by atomic mass is 9.92. The molecule has 2 amide bonds. The highest BCUT2D eigenvalue weighted by atomic mass is 35.5. The molecule has 2 heterocycles. The van der Waals surface area contributed by atoms with Crippen molar-refractivity contribution in [1.82, 2.24) is 14.8 Å². The van der Waals surface area contributed by atoms with Crippen molar-refractivity contribution < 1.29 is 14.3 Å². The summed E-state index contributed by atoms with van der Waals surface area (Å²) < 4.78 is 7.41. The Labute approximate surface area is 188 Å². The first-order chi connectivity index (χ1) is 15.1. The Bertz CT molecular complexity index is 922. The van der Waals surface area contributed by atoms with Crippen molar-refractivity contribution >= 4 is 23.4 Å². The van der Waals surface area contributed by atoms with E-state index in [-0.39, 0.29) is 23.8 Å². The minimum absolute atomic E-state index is 0.0809. The number of hydrogen-bond donors (Lipinski definition) is 1. The molecule has 1 atom stereocenters. The van der Waals surface area contributed by atoms with Gasteiger partial charge in [-0.15, -0.1) is 0 Å². The van der Waals surface area contributed by atoms with Crippen molar-refractivity contribution in [1.29, 1.82) is 0 Å². The summed E-state index contributed by atoms with van der Waals surface area (Å²) in [5.74, 6) is 0.248. The molecule has 1 aliphatic heterocycles. The third-order valence-corrected chi connectivity index (χ3v) is 6.72. The lowest BCUT2D eigenvalue weighted by Gasteiger charge is -2.34. The summed E-state index contributed by atoms with van der Waals surface area (Å²) in [5, 5.41) is 3.69. The number of amides is 2. The van der Waals surface area contributed by atoms with Crippen LogP contribution in [0.3, 0.4) is 0 Å². The van der Waals surface area contributed by atoms with Gasteiger partial charge in [0.15, 0.2) is 0 Å². The van der Waals surface area contributed by atoms with Crippen LogP contribution < -0.4 is 10.1 Å². The molecule has 1 saturated heterocycles. The van der Waals surface area contributed by atoms with Gasteiger partial charge in [0.25, 0.3) is 5.91 Å². The SMILES string of the molecule is COc1cc(-n2cccc2)c(Cl)cc1C(=O)N1CCCC(C(=O)NC2CCCCC2)C1. The fourth-order valence-corrected chi connectivity index (χ4v) is 4.94. The Morgan fingerprint density at radius 3 is 2.52 bits per heavy atom. The van der Waals surface area contributed by atoms with Crippen molar-refractivity contribution in [3.05, 3.63) is 47.2 Å². The summed E-state index contributed by atoms with van der Waals surface area (Å²) in [6.45, 7) is 1.06. The predicted molar refractivity (Wildman–Crippen MR) is 121 cm³/mol. The maximum Gasteiger partial charge on any atom is 0.257 e. The fraction of sp³-hybridized carbons (Fsp3) is 0.500. The highest BCUT2D eigenvalue weighted by Crippen LogP contribution is 2.32. The number of carbonyl (C=O) groups excluding carboxylic acids is 2. The molecule has 166 valence electrons. The van der Waals surface area contributed by atoms with E-state index in [9.17, 15) is 9.59 Å². The minimum Gasteiger partial charge on any atom is -0.496 e. The molecule has 0 bridgehead atoms. The number of aromatic nitrogens is 1. The molecule has 31 heavy (non-hydrogen) atoms. The molecule has 2 aliphatic rings. The van der Waals surface area contributed by atoms with Crippen molar-refractivity contribution in [2.24, 2.45) is 5.92 Å². The van der Waals surface area contributed by atoms with Gasteiger partial charge in [0.2, 0.25) is 5.91 Å². The van der Waals surface area contributed by atoms with Crippen LogP contribution in [0, 0.1) is 5.92 Å². The Kier molecular flexibility index (Phi) is 6.86. The van der Waals surface area contributed by atoms with Crippen LogP contribution in [-0.4, -0.2) is 47.5 Å². The third kappa shape index (κ3) is 4.90. The van der Waals surface area contributed by atoms with Gasteiger partial charge < -0.3 is 19.5 Å². The number of nitrogens with zero attached hydrogens (tertiary/aromatic N) is 2. The zero-order chi connectivity index (χ0) is 21.8. The highest BCUT2D eigenvalue weighted by molar-refractivity contribution is 6.33. The third-order valence-electron chi connectivity index (χ3n) is 6.41. The summed E-state index contributed by atoms with van der Waals surface area (Å²) in [6, 6.07) is 7.56. The zero-order valence-electron chi connectivity index (χ0n) is 18.0. The van der Waals surface area contributed by atoms with E-state index in [1.54, 1.807) is 24.1 Å². The molecule has 1 aromatic carbocycles. The molecule has 6 nitrogen and oxygen atoms in total. The van der Waals surface area contributed by atoms with Crippen LogP contribution in [0.2, 0.25) is 5.02 Å². The van der Waals surface area contributed by atoms with Gasteiger partial charge in [-0.1, -0.05) is 30.9 Å². The van der Waals surface area contributed by atoms with Crippen LogP contribution in [0.25, 0.3) is 5.69 Å². The monoisotopic (exact) mass is 443 g/mol. The van der Waals surface area contributed by atoms with Crippen LogP contribution in [0.5, 0.6) is 5.75 Å². The number of nitrogens with one attached hydrogen (secondary N) is 1.